The molecule has 1 fully saturated rings. The number of aryl methyl sites for hydroxylation is 1. The van der Waals surface area contributed by atoms with Gasteiger partial charge in [0.15, 0.2) is 0 Å². The molecule has 0 saturated carbocycles. The van der Waals surface area contributed by atoms with Crippen molar-refractivity contribution < 1.29 is 4.79 Å². The minimum atomic E-state index is -0.167. The number of pyridine rings is 1. The van der Waals surface area contributed by atoms with Crippen molar-refractivity contribution in [1.82, 2.24) is 4.98 Å². The standard InChI is InChI=1S/C18H21N3O/c1-14-7-3-4-8-16(14)20-18(22)17-10-9-15(13-19-17)21-11-5-2-6-12-21/h3-4,7-10,13H,2,5-6,11-12H2,1H3,(H,20,22). The maximum absolute atomic E-state index is 12.3. The highest BCUT2D eigenvalue weighted by atomic mass is 16.1. The third-order valence-electron chi connectivity index (χ3n) is 4.09. The number of hydrogen-bond acceptors (Lipinski definition) is 3. The van der Waals surface area contributed by atoms with Crippen molar-refractivity contribution in [2.45, 2.75) is 26.2 Å². The second-order valence-electron chi connectivity index (χ2n) is 5.72. The molecular weight excluding hydrogens is 274 g/mol. The van der Waals surface area contributed by atoms with Crippen LogP contribution in [-0.2, 0) is 0 Å². The lowest BCUT2D eigenvalue weighted by molar-refractivity contribution is 0.102. The summed E-state index contributed by atoms with van der Waals surface area (Å²) in [5.41, 5.74) is 3.42. The molecule has 1 aliphatic rings. The van der Waals surface area contributed by atoms with Crippen LogP contribution in [0.5, 0.6) is 0 Å². The maximum atomic E-state index is 12.3. The molecule has 1 aromatic heterocycles. The van der Waals surface area contributed by atoms with Gasteiger partial charge in [-0.05, 0) is 49.9 Å². The van der Waals surface area contributed by atoms with Crippen LogP contribution < -0.4 is 10.2 Å². The summed E-state index contributed by atoms with van der Waals surface area (Å²) in [6, 6.07) is 11.5. The molecule has 0 spiro atoms. The van der Waals surface area contributed by atoms with E-state index in [0.717, 1.165) is 30.0 Å². The van der Waals surface area contributed by atoms with Gasteiger partial charge in [0.25, 0.3) is 5.91 Å². The predicted octanol–water partition coefficient (Wildman–Crippen LogP) is 3.63. The quantitative estimate of drug-likeness (QED) is 0.940. The molecule has 4 heteroatoms. The van der Waals surface area contributed by atoms with E-state index in [1.54, 1.807) is 12.3 Å². The number of anilines is 2. The molecule has 1 aliphatic heterocycles. The molecular formula is C18H21N3O. The minimum Gasteiger partial charge on any atom is -0.370 e. The van der Waals surface area contributed by atoms with Crippen LogP contribution in [0.2, 0.25) is 0 Å². The van der Waals surface area contributed by atoms with Crippen LogP contribution in [0.3, 0.4) is 0 Å². The molecule has 3 rings (SSSR count). The first kappa shape index (κ1) is 14.6. The highest BCUT2D eigenvalue weighted by Gasteiger charge is 2.13. The Morgan fingerprint density at radius 2 is 1.86 bits per heavy atom. The van der Waals surface area contributed by atoms with Gasteiger partial charge in [-0.1, -0.05) is 18.2 Å². The molecule has 2 heterocycles. The Morgan fingerprint density at radius 3 is 2.55 bits per heavy atom. The van der Waals surface area contributed by atoms with Gasteiger partial charge >= 0.3 is 0 Å². The number of piperidine rings is 1. The Bertz CT molecular complexity index is 646. The summed E-state index contributed by atoms with van der Waals surface area (Å²) in [5.74, 6) is -0.167. The molecule has 2 aromatic rings. The zero-order valence-electron chi connectivity index (χ0n) is 12.9. The van der Waals surface area contributed by atoms with E-state index in [-0.39, 0.29) is 5.91 Å². The van der Waals surface area contributed by atoms with Crippen molar-refractivity contribution in [3.05, 3.63) is 53.9 Å². The third-order valence-corrected chi connectivity index (χ3v) is 4.09. The van der Waals surface area contributed by atoms with Crippen LogP contribution in [0.25, 0.3) is 0 Å². The summed E-state index contributed by atoms with van der Waals surface area (Å²) in [7, 11) is 0. The summed E-state index contributed by atoms with van der Waals surface area (Å²) in [6.07, 6.45) is 5.57. The highest BCUT2D eigenvalue weighted by Crippen LogP contribution is 2.19. The Hall–Kier alpha value is -2.36. The smallest absolute Gasteiger partial charge is 0.274 e. The number of hydrogen-bond donors (Lipinski definition) is 1. The molecule has 114 valence electrons. The van der Waals surface area contributed by atoms with Gasteiger partial charge in [0.2, 0.25) is 0 Å². The monoisotopic (exact) mass is 295 g/mol. The van der Waals surface area contributed by atoms with Gasteiger partial charge in [-0.15, -0.1) is 0 Å². The number of amides is 1. The predicted molar refractivity (Wildman–Crippen MR) is 89.4 cm³/mol. The van der Waals surface area contributed by atoms with E-state index in [4.69, 9.17) is 0 Å². The second-order valence-corrected chi connectivity index (χ2v) is 5.72. The Balaban J connectivity index is 1.69. The molecule has 1 saturated heterocycles. The Kier molecular flexibility index (Phi) is 4.37. The number of nitrogens with zero attached hydrogens (tertiary/aromatic N) is 2. The van der Waals surface area contributed by atoms with Crippen molar-refractivity contribution in [2.75, 3.05) is 23.3 Å². The Morgan fingerprint density at radius 1 is 1.09 bits per heavy atom. The van der Waals surface area contributed by atoms with Crippen molar-refractivity contribution in [2.24, 2.45) is 0 Å². The van der Waals surface area contributed by atoms with Crippen molar-refractivity contribution in [3.8, 4) is 0 Å². The van der Waals surface area contributed by atoms with E-state index in [1.807, 2.05) is 37.3 Å². The van der Waals surface area contributed by atoms with E-state index in [2.05, 4.69) is 15.2 Å². The SMILES string of the molecule is Cc1ccccc1NC(=O)c1ccc(N2CCCCC2)cn1. The first-order chi connectivity index (χ1) is 10.7. The van der Waals surface area contributed by atoms with Gasteiger partial charge in [0.05, 0.1) is 11.9 Å². The van der Waals surface area contributed by atoms with E-state index >= 15 is 0 Å². The summed E-state index contributed by atoms with van der Waals surface area (Å²) >= 11 is 0. The van der Waals surface area contributed by atoms with Crippen LogP contribution >= 0.6 is 0 Å². The zero-order chi connectivity index (χ0) is 15.4. The molecule has 0 bridgehead atoms. The number of benzene rings is 1. The van der Waals surface area contributed by atoms with Crippen LogP contribution in [0, 0.1) is 6.92 Å². The van der Waals surface area contributed by atoms with Gasteiger partial charge in [-0.3, -0.25) is 4.79 Å². The van der Waals surface area contributed by atoms with E-state index in [1.165, 1.54) is 19.3 Å². The normalized spacial score (nSPS) is 14.7. The molecule has 1 aromatic carbocycles. The van der Waals surface area contributed by atoms with Crippen LogP contribution in [-0.4, -0.2) is 24.0 Å². The lowest BCUT2D eigenvalue weighted by Gasteiger charge is -2.28. The Labute approximate surface area is 131 Å². The number of aromatic nitrogens is 1. The fourth-order valence-corrected chi connectivity index (χ4v) is 2.76. The summed E-state index contributed by atoms with van der Waals surface area (Å²) < 4.78 is 0. The van der Waals surface area contributed by atoms with E-state index in [0.29, 0.717) is 5.69 Å². The zero-order valence-corrected chi connectivity index (χ0v) is 12.9. The molecule has 1 amide bonds. The van der Waals surface area contributed by atoms with Gasteiger partial charge < -0.3 is 10.2 Å². The largest absolute Gasteiger partial charge is 0.370 e. The molecule has 4 nitrogen and oxygen atoms in total. The number of carbonyl (C=O) groups is 1. The first-order valence-electron chi connectivity index (χ1n) is 7.82. The average molecular weight is 295 g/mol. The van der Waals surface area contributed by atoms with Crippen molar-refractivity contribution in [3.63, 3.8) is 0 Å². The first-order valence-corrected chi connectivity index (χ1v) is 7.82. The van der Waals surface area contributed by atoms with E-state index < -0.39 is 0 Å². The van der Waals surface area contributed by atoms with Crippen molar-refractivity contribution >= 4 is 17.3 Å². The van der Waals surface area contributed by atoms with Gasteiger partial charge in [0.1, 0.15) is 5.69 Å². The summed E-state index contributed by atoms with van der Waals surface area (Å²) in [6.45, 7) is 4.13. The summed E-state index contributed by atoms with van der Waals surface area (Å²) in [4.78, 5) is 18.9. The maximum Gasteiger partial charge on any atom is 0.274 e. The fraction of sp³-hybridized carbons (Fsp3) is 0.333. The average Bonchev–Trinajstić information content (AvgIpc) is 2.58. The minimum absolute atomic E-state index is 0.167. The van der Waals surface area contributed by atoms with Crippen LogP contribution in [0.4, 0.5) is 11.4 Å². The number of para-hydroxylation sites is 1. The number of nitrogens with one attached hydrogen (secondary N) is 1. The fourth-order valence-electron chi connectivity index (χ4n) is 2.76. The molecule has 0 radical (unpaired) electrons. The summed E-state index contributed by atoms with van der Waals surface area (Å²) in [5, 5.41) is 2.91. The van der Waals surface area contributed by atoms with Crippen molar-refractivity contribution in [1.29, 1.82) is 0 Å². The number of rotatable bonds is 3. The topological polar surface area (TPSA) is 45.2 Å². The van der Waals surface area contributed by atoms with E-state index in [9.17, 15) is 4.79 Å². The lowest BCUT2D eigenvalue weighted by atomic mass is 10.1. The number of carbonyl (C=O) groups excluding carboxylic acids is 1. The lowest BCUT2D eigenvalue weighted by Crippen LogP contribution is -2.29. The van der Waals surface area contributed by atoms with Gasteiger partial charge in [0, 0.05) is 18.8 Å². The molecule has 22 heavy (non-hydrogen) atoms. The van der Waals surface area contributed by atoms with Gasteiger partial charge in [-0.25, -0.2) is 4.98 Å². The third kappa shape index (κ3) is 3.27. The van der Waals surface area contributed by atoms with Crippen LogP contribution in [0.15, 0.2) is 42.6 Å². The van der Waals surface area contributed by atoms with Gasteiger partial charge in [-0.2, -0.15) is 0 Å². The molecule has 0 atom stereocenters. The second kappa shape index (κ2) is 6.60. The molecule has 0 unspecified atom stereocenters. The van der Waals surface area contributed by atoms with Crippen LogP contribution in [0.1, 0.15) is 35.3 Å². The highest BCUT2D eigenvalue weighted by molar-refractivity contribution is 6.03. The molecule has 1 N–H and O–H groups in total. The molecule has 0 aliphatic carbocycles.